The molecular formula is C19H18N2O3. The van der Waals surface area contributed by atoms with Gasteiger partial charge in [0.05, 0.1) is 4.92 Å². The number of amides is 1. The van der Waals surface area contributed by atoms with Crippen molar-refractivity contribution in [1.82, 2.24) is 4.90 Å². The van der Waals surface area contributed by atoms with E-state index < -0.39 is 4.92 Å². The van der Waals surface area contributed by atoms with Gasteiger partial charge < -0.3 is 4.90 Å². The number of hydrogen-bond donors (Lipinski definition) is 0. The minimum Gasteiger partial charge on any atom is -0.332 e. The van der Waals surface area contributed by atoms with Crippen LogP contribution < -0.4 is 0 Å². The van der Waals surface area contributed by atoms with E-state index in [0.29, 0.717) is 18.2 Å². The van der Waals surface area contributed by atoms with Crippen LogP contribution in [0.2, 0.25) is 0 Å². The highest BCUT2D eigenvalue weighted by Crippen LogP contribution is 2.28. The summed E-state index contributed by atoms with van der Waals surface area (Å²) in [6.07, 6.45) is 5.20. The molecule has 1 saturated carbocycles. The van der Waals surface area contributed by atoms with Crippen LogP contribution in [0.1, 0.15) is 24.0 Å². The van der Waals surface area contributed by atoms with Crippen LogP contribution >= 0.6 is 0 Å². The maximum atomic E-state index is 12.5. The van der Waals surface area contributed by atoms with Crippen LogP contribution in [0.15, 0.2) is 60.7 Å². The van der Waals surface area contributed by atoms with E-state index in [1.165, 1.54) is 18.2 Å². The molecule has 0 radical (unpaired) electrons. The second-order valence-corrected chi connectivity index (χ2v) is 5.87. The highest BCUT2D eigenvalue weighted by Gasteiger charge is 2.31. The third kappa shape index (κ3) is 4.07. The van der Waals surface area contributed by atoms with E-state index in [9.17, 15) is 14.9 Å². The van der Waals surface area contributed by atoms with Gasteiger partial charge in [0.15, 0.2) is 0 Å². The molecule has 3 rings (SSSR count). The Kier molecular flexibility index (Phi) is 4.70. The molecule has 1 fully saturated rings. The molecule has 1 aliphatic rings. The average molecular weight is 322 g/mol. The first kappa shape index (κ1) is 15.9. The van der Waals surface area contributed by atoms with Crippen molar-refractivity contribution >= 4 is 17.7 Å². The molecule has 0 heterocycles. The lowest BCUT2D eigenvalue weighted by atomic mass is 10.1. The van der Waals surface area contributed by atoms with Crippen molar-refractivity contribution in [2.75, 3.05) is 0 Å². The Morgan fingerprint density at radius 1 is 1.17 bits per heavy atom. The van der Waals surface area contributed by atoms with Crippen LogP contribution in [0.4, 0.5) is 5.69 Å². The maximum Gasteiger partial charge on any atom is 0.270 e. The third-order valence-electron chi connectivity index (χ3n) is 3.97. The van der Waals surface area contributed by atoms with Crippen molar-refractivity contribution in [2.24, 2.45) is 0 Å². The number of nitrogens with zero attached hydrogens (tertiary/aromatic N) is 2. The highest BCUT2D eigenvalue weighted by molar-refractivity contribution is 5.92. The predicted molar refractivity (Wildman–Crippen MR) is 92.1 cm³/mol. The normalized spacial score (nSPS) is 13.8. The first-order chi connectivity index (χ1) is 11.6. The summed E-state index contributed by atoms with van der Waals surface area (Å²) >= 11 is 0. The van der Waals surface area contributed by atoms with Crippen LogP contribution in [0.25, 0.3) is 6.08 Å². The van der Waals surface area contributed by atoms with Crippen LogP contribution in [-0.2, 0) is 11.3 Å². The summed E-state index contributed by atoms with van der Waals surface area (Å²) in [5, 5.41) is 10.8. The molecule has 122 valence electrons. The van der Waals surface area contributed by atoms with E-state index in [0.717, 1.165) is 18.4 Å². The van der Waals surface area contributed by atoms with Crippen molar-refractivity contribution < 1.29 is 9.72 Å². The van der Waals surface area contributed by atoms with E-state index in [1.807, 2.05) is 35.2 Å². The van der Waals surface area contributed by atoms with Gasteiger partial charge in [-0.2, -0.15) is 0 Å². The van der Waals surface area contributed by atoms with Crippen LogP contribution in [0, 0.1) is 10.1 Å². The number of carbonyl (C=O) groups is 1. The van der Waals surface area contributed by atoms with Crippen LogP contribution in [-0.4, -0.2) is 21.8 Å². The van der Waals surface area contributed by atoms with E-state index in [2.05, 4.69) is 0 Å². The summed E-state index contributed by atoms with van der Waals surface area (Å²) in [6, 6.07) is 16.4. The lowest BCUT2D eigenvalue weighted by Crippen LogP contribution is -2.31. The monoisotopic (exact) mass is 322 g/mol. The van der Waals surface area contributed by atoms with Gasteiger partial charge in [-0.05, 0) is 30.0 Å². The molecule has 0 saturated heterocycles. The second-order valence-electron chi connectivity index (χ2n) is 5.87. The Bertz CT molecular complexity index is 767. The molecule has 1 amide bonds. The Morgan fingerprint density at radius 3 is 2.58 bits per heavy atom. The number of benzene rings is 2. The number of nitro benzene ring substituents is 1. The summed E-state index contributed by atoms with van der Waals surface area (Å²) in [5.74, 6) is -0.0622. The van der Waals surface area contributed by atoms with Gasteiger partial charge in [-0.15, -0.1) is 0 Å². The van der Waals surface area contributed by atoms with E-state index in [-0.39, 0.29) is 11.6 Å². The first-order valence-electron chi connectivity index (χ1n) is 7.90. The molecule has 24 heavy (non-hydrogen) atoms. The predicted octanol–water partition coefficient (Wildman–Crippen LogP) is 3.80. The summed E-state index contributed by atoms with van der Waals surface area (Å²) < 4.78 is 0. The molecule has 0 aliphatic heterocycles. The van der Waals surface area contributed by atoms with Crippen molar-refractivity contribution in [3.63, 3.8) is 0 Å². The highest BCUT2D eigenvalue weighted by atomic mass is 16.6. The lowest BCUT2D eigenvalue weighted by molar-refractivity contribution is -0.384. The zero-order chi connectivity index (χ0) is 16.9. The third-order valence-corrected chi connectivity index (χ3v) is 3.97. The Morgan fingerprint density at radius 2 is 1.92 bits per heavy atom. The maximum absolute atomic E-state index is 12.5. The Balaban J connectivity index is 1.71. The average Bonchev–Trinajstić information content (AvgIpc) is 3.43. The fraction of sp³-hybridized carbons (Fsp3) is 0.211. The van der Waals surface area contributed by atoms with Gasteiger partial charge in [-0.3, -0.25) is 14.9 Å². The standard InChI is InChI=1S/C19H18N2O3/c22-19(12-9-15-7-4-8-18(13-15)21(23)24)20(17-10-11-17)14-16-5-2-1-3-6-16/h1-9,12-13,17H,10-11,14H2. The number of rotatable bonds is 6. The quantitative estimate of drug-likeness (QED) is 0.461. The van der Waals surface area contributed by atoms with Gasteiger partial charge in [-0.1, -0.05) is 42.5 Å². The minimum atomic E-state index is -0.439. The molecule has 0 spiro atoms. The fourth-order valence-electron chi connectivity index (χ4n) is 2.56. The number of carbonyl (C=O) groups excluding carboxylic acids is 1. The van der Waals surface area contributed by atoms with Gasteiger partial charge in [0.25, 0.3) is 5.69 Å². The summed E-state index contributed by atoms with van der Waals surface area (Å²) in [7, 11) is 0. The molecule has 1 aliphatic carbocycles. The van der Waals surface area contributed by atoms with Gasteiger partial charge in [0.1, 0.15) is 0 Å². The zero-order valence-corrected chi connectivity index (χ0v) is 13.2. The van der Waals surface area contributed by atoms with Crippen LogP contribution in [0.3, 0.4) is 0 Å². The molecule has 0 unspecified atom stereocenters. The first-order valence-corrected chi connectivity index (χ1v) is 7.90. The van der Waals surface area contributed by atoms with Crippen molar-refractivity contribution in [3.05, 3.63) is 81.9 Å². The molecular weight excluding hydrogens is 304 g/mol. The second kappa shape index (κ2) is 7.08. The summed E-state index contributed by atoms with van der Waals surface area (Å²) in [6.45, 7) is 0.587. The molecule has 0 atom stereocenters. The number of hydrogen-bond acceptors (Lipinski definition) is 3. The largest absolute Gasteiger partial charge is 0.332 e. The van der Waals surface area contributed by atoms with E-state index in [4.69, 9.17) is 0 Å². The topological polar surface area (TPSA) is 63.4 Å². The smallest absolute Gasteiger partial charge is 0.270 e. The molecule has 2 aromatic carbocycles. The van der Waals surface area contributed by atoms with Gasteiger partial charge >= 0.3 is 0 Å². The fourth-order valence-corrected chi connectivity index (χ4v) is 2.56. The Labute approximate surface area is 140 Å². The van der Waals surface area contributed by atoms with E-state index in [1.54, 1.807) is 18.2 Å². The van der Waals surface area contributed by atoms with E-state index >= 15 is 0 Å². The molecule has 2 aromatic rings. The van der Waals surface area contributed by atoms with Gasteiger partial charge in [0.2, 0.25) is 5.91 Å². The molecule has 5 nitrogen and oxygen atoms in total. The summed E-state index contributed by atoms with van der Waals surface area (Å²) in [5.41, 5.74) is 1.77. The van der Waals surface area contributed by atoms with Gasteiger partial charge in [0, 0.05) is 30.8 Å². The SMILES string of the molecule is O=C(C=Cc1cccc([N+](=O)[O-])c1)N(Cc1ccccc1)C1CC1. The van der Waals surface area contributed by atoms with Gasteiger partial charge in [-0.25, -0.2) is 0 Å². The lowest BCUT2D eigenvalue weighted by Gasteiger charge is -2.21. The number of non-ortho nitro benzene ring substituents is 1. The van der Waals surface area contributed by atoms with Crippen molar-refractivity contribution in [2.45, 2.75) is 25.4 Å². The summed E-state index contributed by atoms with van der Waals surface area (Å²) in [4.78, 5) is 24.8. The zero-order valence-electron chi connectivity index (χ0n) is 13.2. The molecule has 0 aromatic heterocycles. The van der Waals surface area contributed by atoms with Crippen molar-refractivity contribution in [3.8, 4) is 0 Å². The molecule has 0 N–H and O–H groups in total. The Hall–Kier alpha value is -2.95. The molecule has 5 heteroatoms. The van der Waals surface area contributed by atoms with Crippen molar-refractivity contribution in [1.29, 1.82) is 0 Å². The van der Waals surface area contributed by atoms with Crippen LogP contribution in [0.5, 0.6) is 0 Å². The molecule has 0 bridgehead atoms. The minimum absolute atomic E-state index is 0.0212. The number of nitro groups is 1.